The highest BCUT2D eigenvalue weighted by atomic mass is 32.2. The van der Waals surface area contributed by atoms with E-state index in [0.29, 0.717) is 43.8 Å². The molecule has 2 rings (SSSR count). The van der Waals surface area contributed by atoms with Crippen molar-refractivity contribution in [3.05, 3.63) is 24.3 Å². The molecule has 1 unspecified atom stereocenters. The quantitative estimate of drug-likeness (QED) is 0.585. The normalized spacial score (nSPS) is 17.5. The fourth-order valence-electron chi connectivity index (χ4n) is 3.09. The fourth-order valence-corrected chi connectivity index (χ4v) is 4.68. The number of carbonyl (C=O) groups excluding carboxylic acids is 2. The summed E-state index contributed by atoms with van der Waals surface area (Å²) < 4.78 is 35.7. The van der Waals surface area contributed by atoms with Crippen LogP contribution in [0, 0.1) is 5.92 Å². The summed E-state index contributed by atoms with van der Waals surface area (Å²) in [6, 6.07) is 6.68. The summed E-state index contributed by atoms with van der Waals surface area (Å²) >= 11 is 0. The topological polar surface area (TPSA) is 114 Å². The SMILES string of the molecule is CCCS(=O)(=O)N1CCCC(C(=O)Nc2cccc(NC(=O)OCCOC)c2)C1. The van der Waals surface area contributed by atoms with Gasteiger partial charge in [-0.25, -0.2) is 17.5 Å². The zero-order valence-electron chi connectivity index (χ0n) is 16.8. The van der Waals surface area contributed by atoms with E-state index in [1.165, 1.54) is 11.4 Å². The summed E-state index contributed by atoms with van der Waals surface area (Å²) in [5.74, 6) is -0.553. The molecule has 0 saturated carbocycles. The second-order valence-electron chi connectivity index (χ2n) is 6.84. The summed E-state index contributed by atoms with van der Waals surface area (Å²) in [5, 5.41) is 5.39. The van der Waals surface area contributed by atoms with Gasteiger partial charge in [0.1, 0.15) is 6.61 Å². The van der Waals surface area contributed by atoms with Crippen molar-refractivity contribution in [1.29, 1.82) is 0 Å². The number of hydrogen-bond donors (Lipinski definition) is 2. The number of sulfonamides is 1. The molecule has 0 bridgehead atoms. The van der Waals surface area contributed by atoms with E-state index in [0.717, 1.165) is 0 Å². The van der Waals surface area contributed by atoms with Crippen molar-refractivity contribution in [2.75, 3.05) is 49.8 Å². The molecular formula is C19H29N3O6S. The zero-order valence-corrected chi connectivity index (χ0v) is 17.7. The number of nitrogens with zero attached hydrogens (tertiary/aromatic N) is 1. The first-order valence-corrected chi connectivity index (χ1v) is 11.3. The van der Waals surface area contributed by atoms with Gasteiger partial charge in [-0.2, -0.15) is 0 Å². The first kappa shape index (κ1) is 23.1. The Balaban J connectivity index is 1.94. The van der Waals surface area contributed by atoms with Gasteiger partial charge in [0.15, 0.2) is 0 Å². The molecule has 0 aromatic heterocycles. The molecule has 1 fully saturated rings. The molecule has 0 radical (unpaired) electrons. The smallest absolute Gasteiger partial charge is 0.411 e. The molecule has 2 amide bonds. The number of ether oxygens (including phenoxy) is 2. The maximum absolute atomic E-state index is 12.6. The van der Waals surface area contributed by atoms with E-state index in [1.54, 1.807) is 24.3 Å². The van der Waals surface area contributed by atoms with Crippen LogP contribution in [-0.4, -0.2) is 63.9 Å². The van der Waals surface area contributed by atoms with Crippen molar-refractivity contribution < 1.29 is 27.5 Å². The van der Waals surface area contributed by atoms with E-state index in [4.69, 9.17) is 9.47 Å². The van der Waals surface area contributed by atoms with E-state index in [2.05, 4.69) is 10.6 Å². The monoisotopic (exact) mass is 427 g/mol. The molecule has 1 aromatic rings. The fraction of sp³-hybridized carbons (Fsp3) is 0.579. The Kier molecular flexibility index (Phi) is 8.87. The molecule has 1 aromatic carbocycles. The first-order valence-electron chi connectivity index (χ1n) is 9.67. The van der Waals surface area contributed by atoms with Gasteiger partial charge in [0.2, 0.25) is 15.9 Å². The summed E-state index contributed by atoms with van der Waals surface area (Å²) in [7, 11) is -1.81. The number of anilines is 2. The molecule has 1 saturated heterocycles. The zero-order chi connectivity index (χ0) is 21.3. The second-order valence-corrected chi connectivity index (χ2v) is 8.93. The first-order chi connectivity index (χ1) is 13.9. The molecule has 1 atom stereocenters. The van der Waals surface area contributed by atoms with Crippen molar-refractivity contribution in [1.82, 2.24) is 4.31 Å². The van der Waals surface area contributed by atoms with Crippen molar-refractivity contribution in [2.24, 2.45) is 5.92 Å². The number of hydrogen-bond acceptors (Lipinski definition) is 6. The van der Waals surface area contributed by atoms with Gasteiger partial charge in [0.25, 0.3) is 0 Å². The molecule has 1 aliphatic heterocycles. The third kappa shape index (κ3) is 7.30. The summed E-state index contributed by atoms with van der Waals surface area (Å²) in [6.07, 6.45) is 1.21. The van der Waals surface area contributed by atoms with E-state index in [1.807, 2.05) is 6.92 Å². The Hall–Kier alpha value is -2.17. The lowest BCUT2D eigenvalue weighted by atomic mass is 9.98. The molecule has 1 aliphatic rings. The number of nitrogens with one attached hydrogen (secondary N) is 2. The maximum Gasteiger partial charge on any atom is 0.411 e. The molecule has 10 heteroatoms. The number of rotatable bonds is 9. The van der Waals surface area contributed by atoms with Crippen LogP contribution in [0.3, 0.4) is 0 Å². The van der Waals surface area contributed by atoms with Crippen molar-refractivity contribution >= 4 is 33.4 Å². The van der Waals surface area contributed by atoms with Gasteiger partial charge < -0.3 is 14.8 Å². The summed E-state index contributed by atoms with van der Waals surface area (Å²) in [6.45, 7) is 2.91. The van der Waals surface area contributed by atoms with Gasteiger partial charge in [0.05, 0.1) is 18.3 Å². The molecule has 2 N–H and O–H groups in total. The average molecular weight is 428 g/mol. The van der Waals surface area contributed by atoms with E-state index in [9.17, 15) is 18.0 Å². The Bertz CT molecular complexity index is 799. The second kappa shape index (κ2) is 11.1. The highest BCUT2D eigenvalue weighted by molar-refractivity contribution is 7.89. The Morgan fingerprint density at radius 3 is 2.62 bits per heavy atom. The molecule has 9 nitrogen and oxygen atoms in total. The van der Waals surface area contributed by atoms with Crippen LogP contribution in [0.2, 0.25) is 0 Å². The van der Waals surface area contributed by atoms with Crippen LogP contribution in [0.15, 0.2) is 24.3 Å². The number of amides is 2. The Morgan fingerprint density at radius 2 is 1.93 bits per heavy atom. The highest BCUT2D eigenvalue weighted by Crippen LogP contribution is 2.22. The van der Waals surface area contributed by atoms with Crippen LogP contribution in [-0.2, 0) is 24.3 Å². The van der Waals surface area contributed by atoms with Gasteiger partial charge in [-0.05, 0) is 37.5 Å². The van der Waals surface area contributed by atoms with E-state index in [-0.39, 0.29) is 24.8 Å². The molecular weight excluding hydrogens is 398 g/mol. The predicted octanol–water partition coefficient (Wildman–Crippen LogP) is 2.27. The molecule has 162 valence electrons. The third-order valence-electron chi connectivity index (χ3n) is 4.51. The van der Waals surface area contributed by atoms with Crippen LogP contribution in [0.25, 0.3) is 0 Å². The van der Waals surface area contributed by atoms with E-state index >= 15 is 0 Å². The number of benzene rings is 1. The number of carbonyl (C=O) groups is 2. The summed E-state index contributed by atoms with van der Waals surface area (Å²) in [5.41, 5.74) is 0.985. The third-order valence-corrected chi connectivity index (χ3v) is 6.55. The van der Waals surface area contributed by atoms with Crippen LogP contribution in [0.4, 0.5) is 16.2 Å². The molecule has 29 heavy (non-hydrogen) atoms. The minimum atomic E-state index is -3.32. The van der Waals surface area contributed by atoms with Crippen LogP contribution < -0.4 is 10.6 Å². The minimum Gasteiger partial charge on any atom is -0.447 e. The molecule has 0 spiro atoms. The molecule has 1 heterocycles. The van der Waals surface area contributed by atoms with Crippen molar-refractivity contribution in [3.63, 3.8) is 0 Å². The Labute approximate surface area is 171 Å². The average Bonchev–Trinajstić information content (AvgIpc) is 2.68. The summed E-state index contributed by atoms with van der Waals surface area (Å²) in [4.78, 5) is 24.4. The van der Waals surface area contributed by atoms with E-state index < -0.39 is 22.0 Å². The maximum atomic E-state index is 12.6. The van der Waals surface area contributed by atoms with Crippen LogP contribution in [0.5, 0.6) is 0 Å². The largest absolute Gasteiger partial charge is 0.447 e. The highest BCUT2D eigenvalue weighted by Gasteiger charge is 2.31. The standard InChI is InChI=1S/C19H29N3O6S/c1-3-12-29(25,26)22-9-5-6-15(14-22)18(23)20-16-7-4-8-17(13-16)21-19(24)28-11-10-27-2/h4,7-8,13,15H,3,5-6,9-12,14H2,1-2H3,(H,20,23)(H,21,24). The number of piperidine rings is 1. The lowest BCUT2D eigenvalue weighted by Crippen LogP contribution is -2.44. The van der Waals surface area contributed by atoms with Crippen molar-refractivity contribution in [3.8, 4) is 0 Å². The van der Waals surface area contributed by atoms with Gasteiger partial charge >= 0.3 is 6.09 Å². The predicted molar refractivity (Wildman–Crippen MR) is 110 cm³/mol. The Morgan fingerprint density at radius 1 is 1.21 bits per heavy atom. The minimum absolute atomic E-state index is 0.0928. The van der Waals surface area contributed by atoms with Gasteiger partial charge in [-0.1, -0.05) is 13.0 Å². The van der Waals surface area contributed by atoms with Crippen molar-refractivity contribution in [2.45, 2.75) is 26.2 Å². The van der Waals surface area contributed by atoms with Crippen LogP contribution in [0.1, 0.15) is 26.2 Å². The van der Waals surface area contributed by atoms with Gasteiger partial charge in [-0.15, -0.1) is 0 Å². The van der Waals surface area contributed by atoms with Gasteiger partial charge in [-0.3, -0.25) is 10.1 Å². The molecule has 0 aliphatic carbocycles. The van der Waals surface area contributed by atoms with Gasteiger partial charge in [0, 0.05) is 31.6 Å². The number of methoxy groups -OCH3 is 1. The lowest BCUT2D eigenvalue weighted by molar-refractivity contribution is -0.120. The van der Waals surface area contributed by atoms with Crippen LogP contribution >= 0.6 is 0 Å². The lowest BCUT2D eigenvalue weighted by Gasteiger charge is -2.31.